The number of aryl methyl sites for hydroxylation is 1. The highest BCUT2D eigenvalue weighted by Gasteiger charge is 2.28. The number of hydrogen-bond donors (Lipinski definition) is 5. The van der Waals surface area contributed by atoms with Crippen molar-refractivity contribution >= 4 is 46.3 Å². The SMILES string of the molecule is Cc1cc(=O)oc2cc(NC(=O)[C@@H](NC(=O)[C@@H](C)NC(=O)[C@H](C)NC(=O)CCC(=O)O)C(C)C)ccc12. The molecule has 0 radical (unpaired) electrons. The molecule has 0 bridgehead atoms. The molecule has 12 nitrogen and oxygen atoms in total. The lowest BCUT2D eigenvalue weighted by molar-refractivity contribution is -0.139. The van der Waals surface area contributed by atoms with E-state index in [2.05, 4.69) is 21.3 Å². The molecule has 0 saturated carbocycles. The van der Waals surface area contributed by atoms with Crippen LogP contribution in [0.3, 0.4) is 0 Å². The van der Waals surface area contributed by atoms with Gasteiger partial charge in [-0.25, -0.2) is 4.79 Å². The molecule has 0 aliphatic heterocycles. The number of anilines is 1. The Morgan fingerprint density at radius 3 is 2.11 bits per heavy atom. The van der Waals surface area contributed by atoms with E-state index in [4.69, 9.17) is 9.52 Å². The fraction of sp³-hybridized carbons (Fsp3) is 0.440. The fourth-order valence-corrected chi connectivity index (χ4v) is 3.44. The van der Waals surface area contributed by atoms with Crippen LogP contribution in [0, 0.1) is 12.8 Å². The second-order valence-corrected chi connectivity index (χ2v) is 9.09. The standard InChI is InChI=1S/C25H32N4O8/c1-12(2)22(25(36)28-16-6-7-17-13(3)10-21(33)37-18(17)11-16)29-24(35)15(5)27-23(34)14(4)26-19(30)8-9-20(31)32/h6-7,10-12,14-15,22H,8-9H2,1-5H3,(H,26,30)(H,27,34)(H,28,36)(H,29,35)(H,31,32)/t14-,15+,22-/m0/s1. The molecule has 4 amide bonds. The number of amides is 4. The van der Waals surface area contributed by atoms with E-state index in [1.165, 1.54) is 26.0 Å². The number of nitrogens with one attached hydrogen (secondary N) is 4. The molecule has 1 heterocycles. The number of rotatable bonds is 11. The first-order valence-electron chi connectivity index (χ1n) is 11.8. The molecule has 2 rings (SSSR count). The van der Waals surface area contributed by atoms with Crippen LogP contribution in [0.25, 0.3) is 11.0 Å². The van der Waals surface area contributed by atoms with Crippen LogP contribution < -0.4 is 26.9 Å². The van der Waals surface area contributed by atoms with Gasteiger partial charge in [0.05, 0.1) is 6.42 Å². The number of aliphatic carboxylic acids is 1. The minimum absolute atomic E-state index is 0.281. The third-order valence-corrected chi connectivity index (χ3v) is 5.55. The molecule has 0 aliphatic rings. The summed E-state index contributed by atoms with van der Waals surface area (Å²) in [7, 11) is 0. The Morgan fingerprint density at radius 2 is 1.49 bits per heavy atom. The Kier molecular flexibility index (Phi) is 9.92. The average molecular weight is 517 g/mol. The van der Waals surface area contributed by atoms with Gasteiger partial charge < -0.3 is 30.8 Å². The maximum Gasteiger partial charge on any atom is 0.336 e. The third-order valence-electron chi connectivity index (χ3n) is 5.55. The zero-order valence-electron chi connectivity index (χ0n) is 21.3. The topological polar surface area (TPSA) is 184 Å². The highest BCUT2D eigenvalue weighted by atomic mass is 16.4. The van der Waals surface area contributed by atoms with Gasteiger partial charge in [-0.2, -0.15) is 0 Å². The van der Waals surface area contributed by atoms with Gasteiger partial charge >= 0.3 is 11.6 Å². The van der Waals surface area contributed by atoms with Crippen molar-refractivity contribution in [1.82, 2.24) is 16.0 Å². The number of fused-ring (bicyclic) bond motifs is 1. The van der Waals surface area contributed by atoms with Crippen LogP contribution in [-0.4, -0.2) is 52.8 Å². The zero-order chi connectivity index (χ0) is 27.9. The molecule has 0 unspecified atom stereocenters. The summed E-state index contributed by atoms with van der Waals surface area (Å²) in [5.41, 5.74) is 0.918. The fourth-order valence-electron chi connectivity index (χ4n) is 3.44. The first kappa shape index (κ1) is 29.0. The summed E-state index contributed by atoms with van der Waals surface area (Å²) in [6, 6.07) is 3.29. The monoisotopic (exact) mass is 516 g/mol. The average Bonchev–Trinajstić information content (AvgIpc) is 2.80. The van der Waals surface area contributed by atoms with E-state index in [1.807, 2.05) is 0 Å². The van der Waals surface area contributed by atoms with Crippen molar-refractivity contribution < 1.29 is 33.5 Å². The zero-order valence-corrected chi connectivity index (χ0v) is 21.3. The van der Waals surface area contributed by atoms with Crippen LogP contribution in [0.4, 0.5) is 5.69 Å². The summed E-state index contributed by atoms with van der Waals surface area (Å²) < 4.78 is 5.20. The van der Waals surface area contributed by atoms with Crippen LogP contribution in [0.5, 0.6) is 0 Å². The third kappa shape index (κ3) is 8.44. The van der Waals surface area contributed by atoms with Crippen molar-refractivity contribution in [2.75, 3.05) is 5.32 Å². The Balaban J connectivity index is 2.00. The number of carboxylic acid groups (broad SMARTS) is 1. The molecule has 0 aliphatic carbocycles. The minimum Gasteiger partial charge on any atom is -0.481 e. The van der Waals surface area contributed by atoms with Gasteiger partial charge in [-0.3, -0.25) is 24.0 Å². The van der Waals surface area contributed by atoms with Crippen LogP contribution in [-0.2, 0) is 24.0 Å². The second-order valence-electron chi connectivity index (χ2n) is 9.09. The quantitative estimate of drug-likeness (QED) is 0.274. The summed E-state index contributed by atoms with van der Waals surface area (Å²) in [5.74, 6) is -3.82. The molecular formula is C25H32N4O8. The minimum atomic E-state index is -1.14. The number of carboxylic acids is 1. The number of benzene rings is 1. The summed E-state index contributed by atoms with van der Waals surface area (Å²) >= 11 is 0. The van der Waals surface area contributed by atoms with Crippen LogP contribution in [0.2, 0.25) is 0 Å². The summed E-state index contributed by atoms with van der Waals surface area (Å²) in [6.45, 7) is 8.08. The van der Waals surface area contributed by atoms with Gasteiger partial charge in [-0.1, -0.05) is 13.8 Å². The predicted molar refractivity (Wildman–Crippen MR) is 135 cm³/mol. The maximum absolute atomic E-state index is 12.9. The first-order valence-corrected chi connectivity index (χ1v) is 11.8. The molecule has 200 valence electrons. The molecular weight excluding hydrogens is 484 g/mol. The lowest BCUT2D eigenvalue weighted by Gasteiger charge is -2.24. The van der Waals surface area contributed by atoms with Gasteiger partial charge in [0, 0.05) is 29.6 Å². The van der Waals surface area contributed by atoms with Crippen LogP contribution in [0.1, 0.15) is 46.1 Å². The lowest BCUT2D eigenvalue weighted by atomic mass is 10.0. The molecule has 37 heavy (non-hydrogen) atoms. The Hall–Kier alpha value is -4.22. The molecule has 1 aromatic carbocycles. The van der Waals surface area contributed by atoms with Gasteiger partial charge in [0.15, 0.2) is 0 Å². The highest BCUT2D eigenvalue weighted by molar-refractivity contribution is 6.00. The number of hydrogen-bond acceptors (Lipinski definition) is 7. The van der Waals surface area contributed by atoms with E-state index in [0.717, 1.165) is 10.9 Å². The Morgan fingerprint density at radius 1 is 0.865 bits per heavy atom. The second kappa shape index (κ2) is 12.7. The van der Waals surface area contributed by atoms with Crippen molar-refractivity contribution in [2.24, 2.45) is 5.92 Å². The largest absolute Gasteiger partial charge is 0.481 e. The smallest absolute Gasteiger partial charge is 0.336 e. The van der Waals surface area contributed by atoms with E-state index >= 15 is 0 Å². The van der Waals surface area contributed by atoms with E-state index in [0.29, 0.717) is 11.3 Å². The number of carbonyl (C=O) groups is 5. The van der Waals surface area contributed by atoms with Crippen molar-refractivity contribution in [3.05, 3.63) is 40.2 Å². The van der Waals surface area contributed by atoms with Crippen molar-refractivity contribution in [3.8, 4) is 0 Å². The van der Waals surface area contributed by atoms with Crippen molar-refractivity contribution in [1.29, 1.82) is 0 Å². The van der Waals surface area contributed by atoms with E-state index in [-0.39, 0.29) is 18.8 Å². The first-order chi connectivity index (χ1) is 17.3. The van der Waals surface area contributed by atoms with E-state index in [9.17, 15) is 28.8 Å². The van der Waals surface area contributed by atoms with E-state index in [1.54, 1.807) is 32.9 Å². The molecule has 12 heteroatoms. The molecule has 0 saturated heterocycles. The molecule has 2 aromatic rings. The van der Waals surface area contributed by atoms with Crippen molar-refractivity contribution in [2.45, 2.75) is 65.6 Å². The highest BCUT2D eigenvalue weighted by Crippen LogP contribution is 2.21. The van der Waals surface area contributed by atoms with Gasteiger partial charge in [0.25, 0.3) is 0 Å². The maximum atomic E-state index is 12.9. The molecule has 0 fully saturated rings. The summed E-state index contributed by atoms with van der Waals surface area (Å²) in [5, 5.41) is 19.5. The Bertz CT molecular complexity index is 1250. The van der Waals surface area contributed by atoms with Crippen molar-refractivity contribution in [3.63, 3.8) is 0 Å². The number of carbonyl (C=O) groups excluding carboxylic acids is 4. The van der Waals surface area contributed by atoms with Gasteiger partial charge in [0.2, 0.25) is 23.6 Å². The molecule has 0 spiro atoms. The van der Waals surface area contributed by atoms with Gasteiger partial charge in [-0.05, 0) is 44.4 Å². The summed E-state index contributed by atoms with van der Waals surface area (Å²) in [6.07, 6.45) is -0.651. The normalized spacial score (nSPS) is 13.4. The van der Waals surface area contributed by atoms with Crippen LogP contribution >= 0.6 is 0 Å². The predicted octanol–water partition coefficient (Wildman–Crippen LogP) is 1.05. The lowest BCUT2D eigenvalue weighted by Crippen LogP contribution is -2.55. The van der Waals surface area contributed by atoms with Gasteiger partial charge in [0.1, 0.15) is 23.7 Å². The molecule has 5 N–H and O–H groups in total. The van der Waals surface area contributed by atoms with E-state index < -0.39 is 53.3 Å². The van der Waals surface area contributed by atoms with Crippen LogP contribution in [0.15, 0.2) is 33.5 Å². The summed E-state index contributed by atoms with van der Waals surface area (Å²) in [4.78, 5) is 72.0. The Labute approximate surface area is 213 Å². The van der Waals surface area contributed by atoms with Gasteiger partial charge in [-0.15, -0.1) is 0 Å². The molecule has 1 aromatic heterocycles. The molecule has 3 atom stereocenters.